The number of ether oxygens (including phenoxy) is 1. The Hall–Kier alpha value is -1.65. The molecule has 0 unspecified atom stereocenters. The number of halogens is 3. The number of rotatable bonds is 1. The first-order valence-corrected chi connectivity index (χ1v) is 4.29. The van der Waals surface area contributed by atoms with Gasteiger partial charge in [0.05, 0.1) is 0 Å². The number of aryl methyl sites for hydroxylation is 1. The average molecular weight is 215 g/mol. The second-order valence-corrected chi connectivity index (χ2v) is 3.25. The third-order valence-electron chi connectivity index (χ3n) is 1.96. The summed E-state index contributed by atoms with van der Waals surface area (Å²) in [5, 5.41) is 0.703. The van der Waals surface area contributed by atoms with Gasteiger partial charge < -0.3 is 9.72 Å². The lowest BCUT2D eigenvalue weighted by atomic mass is 10.2. The molecule has 80 valence electrons. The van der Waals surface area contributed by atoms with Gasteiger partial charge in [0.25, 0.3) is 0 Å². The molecule has 0 saturated heterocycles. The van der Waals surface area contributed by atoms with E-state index in [2.05, 4.69) is 9.72 Å². The van der Waals surface area contributed by atoms with Crippen LogP contribution in [0, 0.1) is 6.92 Å². The van der Waals surface area contributed by atoms with Gasteiger partial charge in [-0.3, -0.25) is 0 Å². The highest BCUT2D eigenvalue weighted by Crippen LogP contribution is 2.26. The Bertz CT molecular complexity index is 487. The Morgan fingerprint density at radius 1 is 1.20 bits per heavy atom. The molecule has 0 saturated carbocycles. The zero-order valence-corrected chi connectivity index (χ0v) is 7.85. The van der Waals surface area contributed by atoms with Crippen LogP contribution in [0.5, 0.6) is 5.75 Å². The summed E-state index contributed by atoms with van der Waals surface area (Å²) in [4.78, 5) is 3.01. The topological polar surface area (TPSA) is 25.0 Å². The minimum atomic E-state index is -4.64. The van der Waals surface area contributed by atoms with Crippen molar-refractivity contribution in [1.82, 2.24) is 4.98 Å². The van der Waals surface area contributed by atoms with Crippen LogP contribution in [0.25, 0.3) is 10.9 Å². The molecular weight excluding hydrogens is 207 g/mol. The van der Waals surface area contributed by atoms with E-state index in [1.807, 2.05) is 6.92 Å². The Morgan fingerprint density at radius 3 is 2.60 bits per heavy atom. The van der Waals surface area contributed by atoms with Gasteiger partial charge >= 0.3 is 6.36 Å². The zero-order chi connectivity index (χ0) is 11.1. The Labute approximate surface area is 83.7 Å². The zero-order valence-electron chi connectivity index (χ0n) is 7.85. The maximum Gasteiger partial charge on any atom is 0.573 e. The highest BCUT2D eigenvalue weighted by atomic mass is 19.4. The van der Waals surface area contributed by atoms with Gasteiger partial charge in [-0.15, -0.1) is 13.2 Å². The molecule has 0 aliphatic rings. The van der Waals surface area contributed by atoms with Crippen molar-refractivity contribution in [3.05, 3.63) is 30.0 Å². The molecule has 0 spiro atoms. The Kier molecular flexibility index (Phi) is 2.10. The number of hydrogen-bond donors (Lipinski definition) is 1. The van der Waals surface area contributed by atoms with Crippen LogP contribution in [0.3, 0.4) is 0 Å². The highest BCUT2D eigenvalue weighted by molar-refractivity contribution is 5.81. The highest BCUT2D eigenvalue weighted by Gasteiger charge is 2.31. The van der Waals surface area contributed by atoms with Gasteiger partial charge in [-0.2, -0.15) is 0 Å². The second kappa shape index (κ2) is 3.18. The summed E-state index contributed by atoms with van der Waals surface area (Å²) >= 11 is 0. The minimum Gasteiger partial charge on any atom is -0.406 e. The smallest absolute Gasteiger partial charge is 0.406 e. The molecule has 2 rings (SSSR count). The molecule has 1 aromatic heterocycles. The van der Waals surface area contributed by atoms with Crippen molar-refractivity contribution in [1.29, 1.82) is 0 Å². The van der Waals surface area contributed by atoms with E-state index in [0.717, 1.165) is 11.2 Å². The molecule has 0 aliphatic carbocycles. The summed E-state index contributed by atoms with van der Waals surface area (Å²) in [7, 11) is 0. The number of H-pyrrole nitrogens is 1. The maximum atomic E-state index is 11.9. The molecule has 5 heteroatoms. The van der Waals surface area contributed by atoms with Crippen LogP contribution >= 0.6 is 0 Å². The van der Waals surface area contributed by atoms with Gasteiger partial charge in [0.1, 0.15) is 5.75 Å². The van der Waals surface area contributed by atoms with Gasteiger partial charge in [-0.1, -0.05) is 0 Å². The van der Waals surface area contributed by atoms with Crippen LogP contribution in [-0.4, -0.2) is 11.3 Å². The predicted molar refractivity (Wildman–Crippen MR) is 49.7 cm³/mol. The molecule has 1 aromatic carbocycles. The van der Waals surface area contributed by atoms with Crippen molar-refractivity contribution in [3.8, 4) is 5.75 Å². The van der Waals surface area contributed by atoms with E-state index in [1.165, 1.54) is 12.1 Å². The molecule has 0 fully saturated rings. The first-order chi connectivity index (χ1) is 6.94. The fourth-order valence-corrected chi connectivity index (χ4v) is 1.45. The molecule has 0 bridgehead atoms. The molecule has 15 heavy (non-hydrogen) atoms. The fourth-order valence-electron chi connectivity index (χ4n) is 1.45. The molecule has 1 heterocycles. The molecular formula is C10H8F3NO. The third kappa shape index (κ3) is 2.23. The molecule has 0 radical (unpaired) electrons. The number of aromatic amines is 1. The van der Waals surface area contributed by atoms with Crippen LogP contribution in [-0.2, 0) is 0 Å². The standard InChI is InChI=1S/C10H8F3NO/c1-6-4-7-5-8(15-10(11,12)13)2-3-9(7)14-6/h2-5,14H,1H3. The van der Waals surface area contributed by atoms with Crippen LogP contribution < -0.4 is 4.74 Å². The molecule has 0 aliphatic heterocycles. The van der Waals surface area contributed by atoms with Crippen LogP contribution in [0.15, 0.2) is 24.3 Å². The van der Waals surface area contributed by atoms with E-state index >= 15 is 0 Å². The summed E-state index contributed by atoms with van der Waals surface area (Å²) in [6.07, 6.45) is -4.64. The van der Waals surface area contributed by atoms with Crippen LogP contribution in [0.1, 0.15) is 5.69 Å². The van der Waals surface area contributed by atoms with Crippen molar-refractivity contribution in [2.45, 2.75) is 13.3 Å². The minimum absolute atomic E-state index is 0.200. The van der Waals surface area contributed by atoms with Crippen molar-refractivity contribution in [2.75, 3.05) is 0 Å². The SMILES string of the molecule is Cc1cc2cc(OC(F)(F)F)ccc2[nH]1. The van der Waals surface area contributed by atoms with Gasteiger partial charge in [0.15, 0.2) is 0 Å². The van der Waals surface area contributed by atoms with Gasteiger partial charge in [-0.25, -0.2) is 0 Å². The molecule has 1 N–H and O–H groups in total. The molecule has 0 amide bonds. The predicted octanol–water partition coefficient (Wildman–Crippen LogP) is 3.37. The Morgan fingerprint density at radius 2 is 1.93 bits per heavy atom. The first kappa shape index (κ1) is 9.89. The Balaban J connectivity index is 2.38. The number of nitrogens with one attached hydrogen (secondary N) is 1. The summed E-state index contributed by atoms with van der Waals surface area (Å²) in [5.41, 5.74) is 1.69. The van der Waals surface area contributed by atoms with Crippen LogP contribution in [0.2, 0.25) is 0 Å². The van der Waals surface area contributed by atoms with Gasteiger partial charge in [0, 0.05) is 16.6 Å². The normalized spacial score (nSPS) is 12.0. The number of fused-ring (bicyclic) bond motifs is 1. The van der Waals surface area contributed by atoms with Gasteiger partial charge in [-0.05, 0) is 31.2 Å². The largest absolute Gasteiger partial charge is 0.573 e. The summed E-state index contributed by atoms with van der Waals surface area (Å²) < 4.78 is 39.6. The molecule has 2 aromatic rings. The number of hydrogen-bond acceptors (Lipinski definition) is 1. The quantitative estimate of drug-likeness (QED) is 0.775. The lowest BCUT2D eigenvalue weighted by molar-refractivity contribution is -0.274. The van der Waals surface area contributed by atoms with Crippen molar-refractivity contribution in [3.63, 3.8) is 0 Å². The number of benzene rings is 1. The first-order valence-electron chi connectivity index (χ1n) is 4.29. The van der Waals surface area contributed by atoms with Crippen molar-refractivity contribution in [2.24, 2.45) is 0 Å². The number of alkyl halides is 3. The molecule has 2 nitrogen and oxygen atoms in total. The van der Waals surface area contributed by atoms with Crippen LogP contribution in [0.4, 0.5) is 13.2 Å². The summed E-state index contributed by atoms with van der Waals surface area (Å²) in [6, 6.07) is 5.96. The van der Waals surface area contributed by atoms with E-state index in [1.54, 1.807) is 12.1 Å². The average Bonchev–Trinajstić information content (AvgIpc) is 2.40. The molecule has 0 atom stereocenters. The third-order valence-corrected chi connectivity index (χ3v) is 1.96. The maximum absolute atomic E-state index is 11.9. The number of aromatic nitrogens is 1. The van der Waals surface area contributed by atoms with Crippen molar-refractivity contribution >= 4 is 10.9 Å². The summed E-state index contributed by atoms with van der Waals surface area (Å²) in [5.74, 6) is -0.200. The van der Waals surface area contributed by atoms with E-state index in [4.69, 9.17) is 0 Å². The van der Waals surface area contributed by atoms with E-state index in [0.29, 0.717) is 5.39 Å². The van der Waals surface area contributed by atoms with Gasteiger partial charge in [0.2, 0.25) is 0 Å². The summed E-state index contributed by atoms with van der Waals surface area (Å²) in [6.45, 7) is 1.84. The lowest BCUT2D eigenvalue weighted by Crippen LogP contribution is -2.16. The monoisotopic (exact) mass is 215 g/mol. The fraction of sp³-hybridized carbons (Fsp3) is 0.200. The van der Waals surface area contributed by atoms with Crippen molar-refractivity contribution < 1.29 is 17.9 Å². The van der Waals surface area contributed by atoms with E-state index in [9.17, 15) is 13.2 Å². The van der Waals surface area contributed by atoms with E-state index in [-0.39, 0.29) is 5.75 Å². The lowest BCUT2D eigenvalue weighted by Gasteiger charge is -2.08. The second-order valence-electron chi connectivity index (χ2n) is 3.25. The van der Waals surface area contributed by atoms with E-state index < -0.39 is 6.36 Å².